The molecule has 0 saturated carbocycles. The Bertz CT molecular complexity index is 415. The van der Waals surface area contributed by atoms with Gasteiger partial charge in [-0.15, -0.1) is 0 Å². The SMILES string of the molecule is C1=[CH][Ge]([C]2=CCCC2)[c]2ccccc21. The Kier molecular flexibility index (Phi) is 2.09. The summed E-state index contributed by atoms with van der Waals surface area (Å²) in [4.78, 5) is 2.52. The number of benzene rings is 1. The molecule has 0 atom stereocenters. The molecule has 14 heavy (non-hydrogen) atoms. The quantitative estimate of drug-likeness (QED) is 0.664. The van der Waals surface area contributed by atoms with Gasteiger partial charge >= 0.3 is 89.3 Å². The van der Waals surface area contributed by atoms with Crippen LogP contribution in [0.2, 0.25) is 0 Å². The van der Waals surface area contributed by atoms with E-state index in [1.54, 1.807) is 8.80 Å². The van der Waals surface area contributed by atoms with Crippen LogP contribution in [0.5, 0.6) is 0 Å². The monoisotopic (exact) mass is 243 g/mol. The molecule has 0 nitrogen and oxygen atoms in total. The summed E-state index contributed by atoms with van der Waals surface area (Å²) in [6.45, 7) is 0. The van der Waals surface area contributed by atoms with E-state index in [-0.39, 0.29) is 0 Å². The van der Waals surface area contributed by atoms with Crippen molar-refractivity contribution < 1.29 is 0 Å². The number of hydrogen-bond acceptors (Lipinski definition) is 0. The predicted molar refractivity (Wildman–Crippen MR) is 62.8 cm³/mol. The Labute approximate surface area is 89.4 Å². The van der Waals surface area contributed by atoms with Crippen LogP contribution in [-0.4, -0.2) is 14.3 Å². The number of rotatable bonds is 1. The van der Waals surface area contributed by atoms with Crippen molar-refractivity contribution in [2.45, 2.75) is 19.3 Å². The Hall–Kier alpha value is -0.757. The Morgan fingerprint density at radius 3 is 2.93 bits per heavy atom. The number of fused-ring (bicyclic) bond motifs is 1. The second-order valence-electron chi connectivity index (χ2n) is 3.96. The summed E-state index contributed by atoms with van der Waals surface area (Å²) in [7, 11) is 0. The van der Waals surface area contributed by atoms with Crippen molar-refractivity contribution in [2.24, 2.45) is 0 Å². The molecule has 1 radical (unpaired) electrons. The maximum atomic E-state index is 2.52. The Morgan fingerprint density at radius 1 is 1.14 bits per heavy atom. The zero-order valence-corrected chi connectivity index (χ0v) is 10.3. The van der Waals surface area contributed by atoms with E-state index in [9.17, 15) is 0 Å². The summed E-state index contributed by atoms with van der Waals surface area (Å²) < 4.78 is 3.46. The first kappa shape index (κ1) is 8.54. The van der Waals surface area contributed by atoms with Gasteiger partial charge in [0.15, 0.2) is 0 Å². The van der Waals surface area contributed by atoms with Crippen molar-refractivity contribution in [3.8, 4) is 0 Å². The van der Waals surface area contributed by atoms with E-state index in [2.05, 4.69) is 41.3 Å². The molecule has 0 spiro atoms. The molecule has 1 aromatic rings. The van der Waals surface area contributed by atoms with Crippen LogP contribution in [0.4, 0.5) is 0 Å². The molecule has 1 heterocycles. The van der Waals surface area contributed by atoms with Gasteiger partial charge < -0.3 is 0 Å². The molecule has 69 valence electrons. The van der Waals surface area contributed by atoms with Gasteiger partial charge in [0, 0.05) is 0 Å². The van der Waals surface area contributed by atoms with E-state index < -0.39 is 14.3 Å². The number of hydrogen-bond donors (Lipinski definition) is 0. The molecule has 1 aromatic carbocycles. The van der Waals surface area contributed by atoms with Crippen molar-refractivity contribution in [1.82, 2.24) is 0 Å². The summed E-state index contributed by atoms with van der Waals surface area (Å²) in [6, 6.07) is 8.92. The van der Waals surface area contributed by atoms with Gasteiger partial charge in [0.1, 0.15) is 0 Å². The van der Waals surface area contributed by atoms with Crippen molar-refractivity contribution in [2.75, 3.05) is 0 Å². The van der Waals surface area contributed by atoms with Crippen LogP contribution in [0.15, 0.2) is 39.7 Å². The van der Waals surface area contributed by atoms with Crippen molar-refractivity contribution in [3.63, 3.8) is 0 Å². The molecule has 2 aliphatic rings. The molecular weight excluding hydrogens is 229 g/mol. The molecule has 1 aliphatic carbocycles. The third-order valence-corrected chi connectivity index (χ3v) is 8.69. The van der Waals surface area contributed by atoms with Gasteiger partial charge in [0.2, 0.25) is 0 Å². The van der Waals surface area contributed by atoms with Crippen molar-refractivity contribution in [3.05, 3.63) is 45.2 Å². The molecule has 1 heteroatoms. The third-order valence-electron chi connectivity index (χ3n) is 3.07. The molecule has 0 amide bonds. The van der Waals surface area contributed by atoms with E-state index in [0.29, 0.717) is 0 Å². The van der Waals surface area contributed by atoms with E-state index in [4.69, 9.17) is 0 Å². The molecule has 0 saturated heterocycles. The zero-order chi connectivity index (χ0) is 9.38. The minimum absolute atomic E-state index is 1.14. The van der Waals surface area contributed by atoms with E-state index in [0.717, 1.165) is 0 Å². The average molecular weight is 242 g/mol. The zero-order valence-electron chi connectivity index (χ0n) is 8.16. The fraction of sp³-hybridized carbons (Fsp3) is 0.231. The third kappa shape index (κ3) is 1.29. The van der Waals surface area contributed by atoms with Crippen molar-refractivity contribution >= 4 is 24.8 Å². The van der Waals surface area contributed by atoms with Crippen LogP contribution < -0.4 is 4.40 Å². The molecule has 1 aliphatic heterocycles. The molecule has 0 fully saturated rings. The van der Waals surface area contributed by atoms with Gasteiger partial charge in [-0.05, 0) is 0 Å². The van der Waals surface area contributed by atoms with Crippen LogP contribution in [0.3, 0.4) is 0 Å². The van der Waals surface area contributed by atoms with Crippen LogP contribution in [-0.2, 0) is 0 Å². The summed E-state index contributed by atoms with van der Waals surface area (Å²) in [6.07, 6.45) is 8.92. The number of allylic oxidation sites excluding steroid dienone is 2. The van der Waals surface area contributed by atoms with Gasteiger partial charge in [0.05, 0.1) is 0 Å². The molecular formula is C13H13Ge. The normalized spacial score (nSPS) is 19.9. The van der Waals surface area contributed by atoms with E-state index in [1.807, 2.05) is 0 Å². The molecule has 0 N–H and O–H groups in total. The summed E-state index contributed by atoms with van der Waals surface area (Å²) >= 11 is -1.14. The fourth-order valence-corrected chi connectivity index (χ4v) is 7.91. The maximum absolute atomic E-state index is 2.52. The molecule has 0 unspecified atom stereocenters. The fourth-order valence-electron chi connectivity index (χ4n) is 2.35. The van der Waals surface area contributed by atoms with Gasteiger partial charge in [-0.2, -0.15) is 0 Å². The van der Waals surface area contributed by atoms with Gasteiger partial charge in [-0.3, -0.25) is 0 Å². The first-order chi connectivity index (χ1) is 6.95. The summed E-state index contributed by atoms with van der Waals surface area (Å²) in [5.74, 6) is 0. The van der Waals surface area contributed by atoms with Crippen LogP contribution >= 0.6 is 0 Å². The van der Waals surface area contributed by atoms with E-state index >= 15 is 0 Å². The first-order valence-corrected chi connectivity index (χ1v) is 8.60. The van der Waals surface area contributed by atoms with Crippen LogP contribution in [0, 0.1) is 0 Å². The Morgan fingerprint density at radius 2 is 2.07 bits per heavy atom. The predicted octanol–water partition coefficient (Wildman–Crippen LogP) is 2.60. The van der Waals surface area contributed by atoms with E-state index in [1.165, 1.54) is 24.8 Å². The van der Waals surface area contributed by atoms with Crippen LogP contribution in [0.25, 0.3) is 6.08 Å². The van der Waals surface area contributed by atoms with Gasteiger partial charge in [-0.25, -0.2) is 0 Å². The summed E-state index contributed by atoms with van der Waals surface area (Å²) in [5.41, 5.74) is 1.48. The second-order valence-corrected chi connectivity index (χ2v) is 8.87. The minimum atomic E-state index is -1.14. The molecule has 0 bridgehead atoms. The van der Waals surface area contributed by atoms with Gasteiger partial charge in [0.25, 0.3) is 0 Å². The Balaban J connectivity index is 2.01. The topological polar surface area (TPSA) is 0 Å². The summed E-state index contributed by atoms with van der Waals surface area (Å²) in [5, 5.41) is 0. The van der Waals surface area contributed by atoms with Crippen LogP contribution in [0.1, 0.15) is 24.8 Å². The standard InChI is InChI=1S/C13H13Ge/c1-4-8-13-11(5-1)9-10-14(13)12-6-2-3-7-12/h1,4-6,8-10H,2-3,7H2. The average Bonchev–Trinajstić information content (AvgIpc) is 2.85. The first-order valence-electron chi connectivity index (χ1n) is 5.29. The van der Waals surface area contributed by atoms with Crippen molar-refractivity contribution in [1.29, 1.82) is 0 Å². The molecule has 3 rings (SSSR count). The second kappa shape index (κ2) is 3.43. The molecule has 0 aromatic heterocycles. The van der Waals surface area contributed by atoms with Gasteiger partial charge in [-0.1, -0.05) is 0 Å².